The van der Waals surface area contributed by atoms with Crippen LogP contribution in [-0.4, -0.2) is 80.9 Å². The predicted octanol–water partition coefficient (Wildman–Crippen LogP) is -0.144. The Morgan fingerprint density at radius 1 is 1.23 bits per heavy atom. The molecule has 1 aromatic rings. The van der Waals surface area contributed by atoms with E-state index in [0.29, 0.717) is 0 Å². The van der Waals surface area contributed by atoms with Gasteiger partial charge in [0.25, 0.3) is 0 Å². The Hall–Kier alpha value is -2.27. The minimum absolute atomic E-state index is 0. The van der Waals surface area contributed by atoms with E-state index in [-0.39, 0.29) is 5.48 Å². The molecule has 1 aliphatic heterocycles. The van der Waals surface area contributed by atoms with Gasteiger partial charge in [0, 0.05) is 25.0 Å². The number of hydrogen-bond donors (Lipinski definition) is 4. The van der Waals surface area contributed by atoms with Crippen molar-refractivity contribution in [2.45, 2.75) is 25.6 Å². The Kier molecular flexibility index (Phi) is 10.4. The maximum absolute atomic E-state index is 9.77. The summed E-state index contributed by atoms with van der Waals surface area (Å²) in [5, 5.41) is 34.7. The quantitative estimate of drug-likeness (QED) is 0.545. The van der Waals surface area contributed by atoms with Gasteiger partial charge in [-0.25, -0.2) is 9.59 Å². The number of carboxylic acids is 2. The summed E-state index contributed by atoms with van der Waals surface area (Å²) in [6.07, 6.45) is 0.930. The van der Waals surface area contributed by atoms with E-state index in [0.717, 1.165) is 18.9 Å². The Labute approximate surface area is 154 Å². The smallest absolute Gasteiger partial charge is 0.335 e. The molecule has 0 fully saturated rings. The molecule has 0 unspecified atom stereocenters. The largest absolute Gasteiger partial charge is 0.479 e. The number of aliphatic hydroxyl groups excluding tert-OH is 2. The summed E-state index contributed by atoms with van der Waals surface area (Å²) in [5.41, 5.74) is 1.34. The van der Waals surface area contributed by atoms with Gasteiger partial charge in [-0.15, -0.1) is 11.3 Å². The Morgan fingerprint density at radius 3 is 2.23 bits per heavy atom. The average Bonchev–Trinajstić information content (AvgIpc) is 2.98. The number of aryl methyl sites for hydroxylation is 1. The van der Waals surface area contributed by atoms with Crippen LogP contribution in [0.5, 0.6) is 0 Å². The van der Waals surface area contributed by atoms with Gasteiger partial charge in [-0.1, -0.05) is 0 Å². The van der Waals surface area contributed by atoms with Gasteiger partial charge < -0.3 is 30.8 Å². The van der Waals surface area contributed by atoms with E-state index in [9.17, 15) is 9.59 Å². The zero-order chi connectivity index (χ0) is 19.0. The summed E-state index contributed by atoms with van der Waals surface area (Å²) < 4.78 is 0. The molecule has 0 aromatic carbocycles. The maximum atomic E-state index is 9.77. The van der Waals surface area contributed by atoms with Crippen molar-refractivity contribution >= 4 is 35.2 Å². The molecule has 9 nitrogen and oxygen atoms in total. The van der Waals surface area contributed by atoms with Crippen LogP contribution in [-0.2, 0) is 9.59 Å². The van der Waals surface area contributed by atoms with E-state index < -0.39 is 24.1 Å². The van der Waals surface area contributed by atoms with Gasteiger partial charge in [0.05, 0.1) is 0 Å². The molecule has 0 radical (unpaired) electrons. The molecule has 0 saturated carbocycles. The van der Waals surface area contributed by atoms with Crippen molar-refractivity contribution < 1.29 is 35.5 Å². The van der Waals surface area contributed by atoms with Gasteiger partial charge in [0.1, 0.15) is 5.84 Å². The van der Waals surface area contributed by atoms with Crippen LogP contribution in [0.3, 0.4) is 0 Å². The third kappa shape index (κ3) is 7.31. The van der Waals surface area contributed by atoms with Crippen molar-refractivity contribution in [3.8, 4) is 0 Å². The summed E-state index contributed by atoms with van der Waals surface area (Å²) in [4.78, 5) is 27.6. The van der Waals surface area contributed by atoms with Gasteiger partial charge >= 0.3 is 11.9 Å². The number of likely N-dealkylation sites (N-methyl/N-ethyl adjacent to an activating group) is 1. The lowest BCUT2D eigenvalue weighted by Gasteiger charge is -2.22. The monoisotopic (exact) mass is 388 g/mol. The van der Waals surface area contributed by atoms with Crippen LogP contribution in [0.2, 0.25) is 0 Å². The van der Waals surface area contributed by atoms with Gasteiger partial charge in [-0.3, -0.25) is 4.99 Å². The first-order chi connectivity index (χ1) is 11.7. The number of carbonyl (C=O) groups is 2. The number of aliphatic imine (C=N–C) groups is 1. The van der Waals surface area contributed by atoms with Crippen LogP contribution in [0.25, 0.3) is 6.08 Å². The zero-order valence-corrected chi connectivity index (χ0v) is 15.3. The highest BCUT2D eigenvalue weighted by molar-refractivity contribution is 7.11. The van der Waals surface area contributed by atoms with Crippen LogP contribution < -0.4 is 0 Å². The van der Waals surface area contributed by atoms with Crippen molar-refractivity contribution in [1.29, 1.82) is 0 Å². The van der Waals surface area contributed by atoms with Gasteiger partial charge in [-0.2, -0.15) is 0 Å². The molecule has 2 rings (SSSR count). The van der Waals surface area contributed by atoms with Crippen LogP contribution in [0.15, 0.2) is 22.5 Å². The number of aliphatic hydroxyl groups is 2. The summed E-state index contributed by atoms with van der Waals surface area (Å²) in [6, 6.07) is 2.15. The van der Waals surface area contributed by atoms with E-state index >= 15 is 0 Å². The maximum Gasteiger partial charge on any atom is 0.335 e. The van der Waals surface area contributed by atoms with E-state index in [4.69, 9.17) is 20.4 Å². The normalized spacial score (nSPS) is 16.0. The van der Waals surface area contributed by atoms with Crippen LogP contribution >= 0.6 is 11.3 Å². The summed E-state index contributed by atoms with van der Waals surface area (Å²) in [5.74, 6) is -2.43. The van der Waals surface area contributed by atoms with Crippen molar-refractivity contribution in [1.82, 2.24) is 4.90 Å². The molecule has 0 amide bonds. The molecule has 0 aliphatic carbocycles. The molecule has 0 bridgehead atoms. The van der Waals surface area contributed by atoms with Crippen molar-refractivity contribution in [3.63, 3.8) is 0 Å². The molecule has 0 saturated heterocycles. The third-order valence-electron chi connectivity index (χ3n) is 3.41. The number of nitrogens with zero attached hydrogens (tertiary/aromatic N) is 2. The molecule has 1 aliphatic rings. The van der Waals surface area contributed by atoms with Crippen molar-refractivity contribution in [3.05, 3.63) is 28.0 Å². The first kappa shape index (κ1) is 23.7. The minimum Gasteiger partial charge on any atom is -0.479 e. The molecule has 2 atom stereocenters. The van der Waals surface area contributed by atoms with Gasteiger partial charge in [0.15, 0.2) is 12.2 Å². The molecule has 1 aromatic heterocycles. The van der Waals surface area contributed by atoms with Gasteiger partial charge in [0.2, 0.25) is 0 Å². The average molecular weight is 388 g/mol. The van der Waals surface area contributed by atoms with E-state index in [1.54, 1.807) is 11.3 Å². The lowest BCUT2D eigenvalue weighted by molar-refractivity contribution is -0.165. The second-order valence-electron chi connectivity index (χ2n) is 5.38. The van der Waals surface area contributed by atoms with Gasteiger partial charge in [-0.05, 0) is 42.5 Å². The molecule has 146 valence electrons. The third-order valence-corrected chi connectivity index (χ3v) is 4.39. The van der Waals surface area contributed by atoms with E-state index in [1.165, 1.54) is 16.9 Å². The van der Waals surface area contributed by atoms with Crippen LogP contribution in [0, 0.1) is 6.92 Å². The summed E-state index contributed by atoms with van der Waals surface area (Å²) >= 11 is 1.78. The summed E-state index contributed by atoms with van der Waals surface area (Å²) in [6.45, 7) is 4.22. The number of aliphatic carboxylic acids is 2. The molecule has 2 heterocycles. The standard InChI is InChI=1S/C12H16N2S.C4H6O6.H2O/c1-10-6-9-15-11(10)4-5-12-13-7-3-8-14(12)2;5-1(3(7)8)2(6)4(9)10;/h4-6,9H,3,7-8H2,1-2H3;1-2,5-6H,(H,7,8)(H,9,10);1H2/b5-4+;;/t;1-,2-;/m.1./s1. The SMILES string of the molecule is Cc1ccsc1/C=C/C1=NCCCN1C.O.O=C(O)[C@H](O)[C@@H](O)C(=O)O. The fraction of sp³-hybridized carbons (Fsp3) is 0.438. The van der Waals surface area contributed by atoms with E-state index in [1.807, 2.05) is 0 Å². The highest BCUT2D eigenvalue weighted by atomic mass is 32.1. The summed E-state index contributed by atoms with van der Waals surface area (Å²) in [7, 11) is 2.10. The van der Waals surface area contributed by atoms with Crippen LogP contribution in [0.4, 0.5) is 0 Å². The number of rotatable bonds is 5. The molecule has 26 heavy (non-hydrogen) atoms. The Morgan fingerprint density at radius 2 is 1.81 bits per heavy atom. The first-order valence-electron chi connectivity index (χ1n) is 7.53. The Bertz CT molecular complexity index is 639. The number of thiophene rings is 1. The molecule has 10 heteroatoms. The molecular weight excluding hydrogens is 364 g/mol. The lowest BCUT2D eigenvalue weighted by atomic mass is 10.2. The van der Waals surface area contributed by atoms with Crippen LogP contribution in [0.1, 0.15) is 16.9 Å². The fourth-order valence-corrected chi connectivity index (χ4v) is 2.71. The second-order valence-corrected chi connectivity index (χ2v) is 6.33. The molecular formula is C16H24N2O7S. The minimum atomic E-state index is -2.27. The topological polar surface area (TPSA) is 162 Å². The predicted molar refractivity (Wildman–Crippen MR) is 98.5 cm³/mol. The fourth-order valence-electron chi connectivity index (χ4n) is 1.89. The molecule has 0 spiro atoms. The van der Waals surface area contributed by atoms with Crippen molar-refractivity contribution in [2.75, 3.05) is 20.1 Å². The second kappa shape index (κ2) is 11.4. The molecule has 6 N–H and O–H groups in total. The lowest BCUT2D eigenvalue weighted by Crippen LogP contribution is -2.39. The first-order valence-corrected chi connectivity index (χ1v) is 8.41. The highest BCUT2D eigenvalue weighted by Crippen LogP contribution is 2.17. The Balaban J connectivity index is 0.000000504. The highest BCUT2D eigenvalue weighted by Gasteiger charge is 2.29. The number of carboxylic acid groups (broad SMARTS) is 2. The number of hydrogen-bond acceptors (Lipinski definition) is 7. The van der Waals surface area contributed by atoms with Crippen molar-refractivity contribution in [2.24, 2.45) is 4.99 Å². The number of amidine groups is 1. The zero-order valence-electron chi connectivity index (χ0n) is 14.5. The van der Waals surface area contributed by atoms with E-state index in [2.05, 4.69) is 47.5 Å².